The summed E-state index contributed by atoms with van der Waals surface area (Å²) in [6, 6.07) is 16.5. The molecule has 0 radical (unpaired) electrons. The van der Waals surface area contributed by atoms with E-state index < -0.39 is 11.6 Å². The highest BCUT2D eigenvalue weighted by molar-refractivity contribution is 7.07. The number of carbonyl (C=O) groups is 1. The van der Waals surface area contributed by atoms with E-state index in [-0.39, 0.29) is 18.2 Å². The third-order valence-electron chi connectivity index (χ3n) is 5.65. The van der Waals surface area contributed by atoms with E-state index in [1.807, 2.05) is 41.9 Å². The standard InChI is InChI=1S/C26H17F2N5O2S/c27-17-6-7-21(19(28)10-17)32-26-33(30-12-16-11-29-20-4-2-1-3-18(16)20)23(14-36-26)15-5-8-24-22(9-15)31-25(34)13-35-24/h1-12,14,29H,13H2,(H,31,34). The summed E-state index contributed by atoms with van der Waals surface area (Å²) in [6.07, 6.45) is 3.54. The number of nitrogens with one attached hydrogen (secondary N) is 2. The minimum atomic E-state index is -0.772. The van der Waals surface area contributed by atoms with Crippen molar-refractivity contribution < 1.29 is 18.3 Å². The van der Waals surface area contributed by atoms with Crippen LogP contribution in [-0.4, -0.2) is 28.4 Å². The minimum absolute atomic E-state index is 0.00746. The molecule has 1 amide bonds. The van der Waals surface area contributed by atoms with Crippen LogP contribution in [0.2, 0.25) is 0 Å². The van der Waals surface area contributed by atoms with E-state index in [2.05, 4.69) is 20.4 Å². The molecule has 36 heavy (non-hydrogen) atoms. The first-order valence-electron chi connectivity index (χ1n) is 10.9. The molecule has 1 aliphatic rings. The lowest BCUT2D eigenvalue weighted by atomic mass is 10.1. The second kappa shape index (κ2) is 8.90. The van der Waals surface area contributed by atoms with Crippen molar-refractivity contribution in [1.82, 2.24) is 9.66 Å². The smallest absolute Gasteiger partial charge is 0.262 e. The van der Waals surface area contributed by atoms with Crippen LogP contribution in [0.4, 0.5) is 20.2 Å². The van der Waals surface area contributed by atoms with Gasteiger partial charge in [-0.1, -0.05) is 18.2 Å². The zero-order chi connectivity index (χ0) is 24.6. The number of hydrogen-bond donors (Lipinski definition) is 2. The fraction of sp³-hybridized carbons (Fsp3) is 0.0385. The quantitative estimate of drug-likeness (QED) is 0.322. The molecule has 1 aliphatic heterocycles. The average Bonchev–Trinajstić information content (AvgIpc) is 3.47. The van der Waals surface area contributed by atoms with Gasteiger partial charge in [0.25, 0.3) is 5.91 Å². The van der Waals surface area contributed by atoms with Gasteiger partial charge in [-0.3, -0.25) is 4.79 Å². The number of thiazole rings is 1. The van der Waals surface area contributed by atoms with Crippen molar-refractivity contribution in [3.8, 4) is 17.0 Å². The first-order valence-corrected chi connectivity index (χ1v) is 11.8. The number of aromatic nitrogens is 2. The van der Waals surface area contributed by atoms with Crippen LogP contribution < -0.4 is 14.9 Å². The summed E-state index contributed by atoms with van der Waals surface area (Å²) in [5.41, 5.74) is 3.78. The van der Waals surface area contributed by atoms with Crippen LogP contribution in [0.5, 0.6) is 5.75 Å². The number of fused-ring (bicyclic) bond motifs is 2. The van der Waals surface area contributed by atoms with Crippen molar-refractivity contribution in [3.63, 3.8) is 0 Å². The van der Waals surface area contributed by atoms with Crippen molar-refractivity contribution in [1.29, 1.82) is 0 Å². The fourth-order valence-electron chi connectivity index (χ4n) is 3.93. The molecule has 7 nitrogen and oxygen atoms in total. The van der Waals surface area contributed by atoms with Crippen molar-refractivity contribution in [2.75, 3.05) is 11.9 Å². The third-order valence-corrected chi connectivity index (χ3v) is 6.47. The SMILES string of the molecule is O=C1COc2ccc(-c3csc(=Nc4ccc(F)cc4F)n3N=Cc3c[nH]c4ccccc34)cc2N1. The van der Waals surface area contributed by atoms with Crippen molar-refractivity contribution in [2.45, 2.75) is 0 Å². The molecule has 0 unspecified atom stereocenters. The van der Waals surface area contributed by atoms with E-state index in [0.717, 1.165) is 34.2 Å². The number of amides is 1. The van der Waals surface area contributed by atoms with E-state index in [1.165, 1.54) is 17.4 Å². The van der Waals surface area contributed by atoms with E-state index in [0.29, 0.717) is 21.9 Å². The number of ether oxygens (including phenoxy) is 1. The molecule has 2 aromatic heterocycles. The van der Waals surface area contributed by atoms with Gasteiger partial charge in [0.2, 0.25) is 4.80 Å². The highest BCUT2D eigenvalue weighted by Crippen LogP contribution is 2.33. The topological polar surface area (TPSA) is 83.8 Å². The summed E-state index contributed by atoms with van der Waals surface area (Å²) in [6.45, 7) is -0.0357. The molecule has 6 rings (SSSR count). The van der Waals surface area contributed by atoms with Crippen LogP contribution in [0.1, 0.15) is 5.56 Å². The predicted molar refractivity (Wildman–Crippen MR) is 135 cm³/mol. The van der Waals surface area contributed by atoms with Gasteiger partial charge in [-0.05, 0) is 36.4 Å². The van der Waals surface area contributed by atoms with E-state index in [9.17, 15) is 13.6 Å². The number of halogens is 2. The van der Waals surface area contributed by atoms with Gasteiger partial charge < -0.3 is 15.0 Å². The first kappa shape index (κ1) is 21.9. The van der Waals surface area contributed by atoms with Gasteiger partial charge in [-0.2, -0.15) is 5.10 Å². The molecule has 0 aliphatic carbocycles. The number of rotatable bonds is 4. The number of nitrogens with zero attached hydrogens (tertiary/aromatic N) is 3. The first-order chi connectivity index (χ1) is 17.5. The average molecular weight is 502 g/mol. The molecule has 3 aromatic carbocycles. The van der Waals surface area contributed by atoms with Crippen LogP contribution in [0.25, 0.3) is 22.2 Å². The highest BCUT2D eigenvalue weighted by Gasteiger charge is 2.18. The molecule has 0 saturated heterocycles. The van der Waals surface area contributed by atoms with E-state index in [1.54, 1.807) is 23.0 Å². The van der Waals surface area contributed by atoms with Crippen molar-refractivity contribution in [3.05, 3.63) is 94.2 Å². The third kappa shape index (κ3) is 4.07. The van der Waals surface area contributed by atoms with Crippen LogP contribution in [-0.2, 0) is 4.79 Å². The zero-order valence-electron chi connectivity index (χ0n) is 18.5. The summed E-state index contributed by atoms with van der Waals surface area (Å²) in [4.78, 5) is 19.8. The lowest BCUT2D eigenvalue weighted by molar-refractivity contribution is -0.118. The summed E-state index contributed by atoms with van der Waals surface area (Å²) >= 11 is 1.25. The molecule has 0 saturated carbocycles. The van der Waals surface area contributed by atoms with E-state index in [4.69, 9.17) is 4.74 Å². The Morgan fingerprint density at radius 2 is 1.97 bits per heavy atom. The van der Waals surface area contributed by atoms with Crippen LogP contribution in [0, 0.1) is 11.6 Å². The Hall–Kier alpha value is -4.57. The maximum absolute atomic E-state index is 14.4. The minimum Gasteiger partial charge on any atom is -0.482 e. The van der Waals surface area contributed by atoms with Crippen LogP contribution in [0.15, 0.2) is 82.3 Å². The van der Waals surface area contributed by atoms with Gasteiger partial charge >= 0.3 is 0 Å². The Morgan fingerprint density at radius 1 is 1.08 bits per heavy atom. The lowest BCUT2D eigenvalue weighted by Gasteiger charge is -2.18. The molecule has 5 aromatic rings. The number of para-hydroxylation sites is 1. The van der Waals surface area contributed by atoms with Gasteiger partial charge in [0.05, 0.1) is 17.6 Å². The number of carbonyl (C=O) groups excluding carboxylic acids is 1. The maximum Gasteiger partial charge on any atom is 0.262 e. The van der Waals surface area contributed by atoms with Gasteiger partial charge in [0, 0.05) is 39.7 Å². The molecule has 10 heteroatoms. The summed E-state index contributed by atoms with van der Waals surface area (Å²) in [5.74, 6) is -1.12. The Kier molecular flexibility index (Phi) is 5.42. The number of H-pyrrole nitrogens is 1. The van der Waals surface area contributed by atoms with Gasteiger partial charge in [-0.15, -0.1) is 11.3 Å². The summed E-state index contributed by atoms with van der Waals surface area (Å²) in [5, 5.41) is 10.3. The maximum atomic E-state index is 14.4. The molecule has 2 N–H and O–H groups in total. The zero-order valence-corrected chi connectivity index (χ0v) is 19.4. The Balaban J connectivity index is 1.50. The summed E-state index contributed by atoms with van der Waals surface area (Å²) in [7, 11) is 0. The van der Waals surface area contributed by atoms with Crippen molar-refractivity contribution in [2.24, 2.45) is 10.1 Å². The molecule has 0 bridgehead atoms. The number of hydrogen-bond acceptors (Lipinski definition) is 5. The monoisotopic (exact) mass is 501 g/mol. The molecular weight excluding hydrogens is 484 g/mol. The van der Waals surface area contributed by atoms with E-state index >= 15 is 0 Å². The van der Waals surface area contributed by atoms with Gasteiger partial charge in [0.1, 0.15) is 17.3 Å². The molecular formula is C26H17F2N5O2S. The van der Waals surface area contributed by atoms with Gasteiger partial charge in [-0.25, -0.2) is 18.4 Å². The second-order valence-corrected chi connectivity index (χ2v) is 8.84. The second-order valence-electron chi connectivity index (χ2n) is 8.00. The Morgan fingerprint density at radius 3 is 2.86 bits per heavy atom. The lowest BCUT2D eigenvalue weighted by Crippen LogP contribution is -2.25. The number of benzene rings is 3. The Bertz CT molecular complexity index is 1730. The molecule has 3 heterocycles. The van der Waals surface area contributed by atoms with Crippen LogP contribution in [0.3, 0.4) is 0 Å². The fourth-order valence-corrected chi connectivity index (χ4v) is 4.77. The highest BCUT2D eigenvalue weighted by atomic mass is 32.1. The predicted octanol–water partition coefficient (Wildman–Crippen LogP) is 5.42. The van der Waals surface area contributed by atoms with Gasteiger partial charge in [0.15, 0.2) is 12.4 Å². The molecule has 0 fully saturated rings. The summed E-state index contributed by atoms with van der Waals surface area (Å²) < 4.78 is 34.8. The Labute approximate surface area is 207 Å². The normalized spacial score (nSPS) is 13.7. The van der Waals surface area contributed by atoms with Crippen molar-refractivity contribution >= 4 is 45.7 Å². The molecule has 178 valence electrons. The number of anilines is 1. The largest absolute Gasteiger partial charge is 0.482 e. The molecule has 0 spiro atoms. The molecule has 0 atom stereocenters. The van der Waals surface area contributed by atoms with Crippen LogP contribution >= 0.6 is 11.3 Å². The number of aromatic amines is 1.